The van der Waals surface area contributed by atoms with E-state index in [1.807, 2.05) is 45.0 Å². The molecule has 0 aliphatic carbocycles. The molecule has 1 atom stereocenters. The summed E-state index contributed by atoms with van der Waals surface area (Å²) in [5.74, 6) is 0.791. The van der Waals surface area contributed by atoms with E-state index in [1.165, 1.54) is 0 Å². The molecule has 0 aliphatic heterocycles. The van der Waals surface area contributed by atoms with Crippen LogP contribution in [0.2, 0.25) is 0 Å². The number of carbonyl (C=O) groups is 1. The number of nitrogens with one attached hydrogen (secondary N) is 1. The lowest BCUT2D eigenvalue weighted by molar-refractivity contribution is 0.0499. The lowest BCUT2D eigenvalue weighted by Gasteiger charge is -2.23. The van der Waals surface area contributed by atoms with Crippen molar-refractivity contribution in [1.82, 2.24) is 5.32 Å². The maximum Gasteiger partial charge on any atom is 0.407 e. The summed E-state index contributed by atoms with van der Waals surface area (Å²) in [6, 6.07) is 7.87. The van der Waals surface area contributed by atoms with Gasteiger partial charge < -0.3 is 19.9 Å². The number of hydrogen-bond donors (Lipinski definition) is 2. The van der Waals surface area contributed by atoms with Gasteiger partial charge in [0.25, 0.3) is 0 Å². The van der Waals surface area contributed by atoms with Crippen LogP contribution in [-0.4, -0.2) is 36.1 Å². The largest absolute Gasteiger partial charge is 0.491 e. The van der Waals surface area contributed by atoms with E-state index in [1.54, 1.807) is 0 Å². The maximum absolute atomic E-state index is 12.0. The molecule has 1 unspecified atom stereocenters. The lowest BCUT2D eigenvalue weighted by atomic mass is 10.0. The van der Waals surface area contributed by atoms with E-state index in [0.29, 0.717) is 0 Å². The normalized spacial score (nSPS) is 12.5. The summed E-state index contributed by atoms with van der Waals surface area (Å²) in [5, 5.41) is 11.9. The van der Waals surface area contributed by atoms with Gasteiger partial charge in [-0.25, -0.2) is 4.79 Å². The molecule has 136 valence electrons. The topological polar surface area (TPSA) is 67.8 Å². The van der Waals surface area contributed by atoms with Crippen LogP contribution < -0.4 is 10.1 Å². The number of rotatable bonds is 9. The minimum absolute atomic E-state index is 0.00695. The standard InChI is InChI=1S/C19H31NO4/c1-5-8-16(20-18(22)24-19(2,3)4)12-11-15-9-6-7-10-17(15)23-14-13-21/h6-7,9-10,16,21H,5,8,11-14H2,1-4H3,(H,20,22). The summed E-state index contributed by atoms with van der Waals surface area (Å²) in [7, 11) is 0. The van der Waals surface area contributed by atoms with Crippen LogP contribution in [-0.2, 0) is 11.2 Å². The van der Waals surface area contributed by atoms with E-state index < -0.39 is 5.60 Å². The van der Waals surface area contributed by atoms with Crippen LogP contribution in [0, 0.1) is 0 Å². The SMILES string of the molecule is CCCC(CCc1ccccc1OCCO)NC(=O)OC(C)(C)C. The monoisotopic (exact) mass is 337 g/mol. The Balaban J connectivity index is 2.61. The van der Waals surface area contributed by atoms with Crippen LogP contribution in [0.5, 0.6) is 5.75 Å². The Hall–Kier alpha value is -1.75. The van der Waals surface area contributed by atoms with E-state index in [4.69, 9.17) is 14.6 Å². The smallest absolute Gasteiger partial charge is 0.407 e. The number of ether oxygens (including phenoxy) is 2. The minimum atomic E-state index is -0.494. The Morgan fingerprint density at radius 2 is 1.96 bits per heavy atom. The zero-order valence-corrected chi connectivity index (χ0v) is 15.3. The van der Waals surface area contributed by atoms with Gasteiger partial charge in [-0.15, -0.1) is 0 Å². The molecule has 1 aromatic carbocycles. The summed E-state index contributed by atoms with van der Waals surface area (Å²) in [6.07, 6.45) is 3.13. The second kappa shape index (κ2) is 10.2. The second-order valence-electron chi connectivity index (χ2n) is 6.85. The number of aryl methyl sites for hydroxylation is 1. The Kier molecular flexibility index (Phi) is 8.61. The molecule has 1 amide bonds. The van der Waals surface area contributed by atoms with Crippen LogP contribution in [0.3, 0.4) is 0 Å². The zero-order valence-electron chi connectivity index (χ0n) is 15.3. The molecule has 0 saturated heterocycles. The van der Waals surface area contributed by atoms with Gasteiger partial charge in [-0.2, -0.15) is 0 Å². The van der Waals surface area contributed by atoms with Crippen LogP contribution >= 0.6 is 0 Å². The highest BCUT2D eigenvalue weighted by Crippen LogP contribution is 2.21. The van der Waals surface area contributed by atoms with Crippen molar-refractivity contribution in [3.8, 4) is 5.75 Å². The summed E-state index contributed by atoms with van der Waals surface area (Å²) >= 11 is 0. The number of aliphatic hydroxyl groups is 1. The van der Waals surface area contributed by atoms with E-state index in [2.05, 4.69) is 12.2 Å². The van der Waals surface area contributed by atoms with Crippen molar-refractivity contribution in [2.45, 2.75) is 65.0 Å². The Morgan fingerprint density at radius 3 is 2.58 bits per heavy atom. The second-order valence-corrected chi connectivity index (χ2v) is 6.85. The summed E-state index contributed by atoms with van der Waals surface area (Å²) < 4.78 is 10.9. The van der Waals surface area contributed by atoms with Crippen LogP contribution in [0.15, 0.2) is 24.3 Å². The Bertz CT molecular complexity index is 496. The average molecular weight is 337 g/mol. The summed E-state index contributed by atoms with van der Waals surface area (Å²) in [4.78, 5) is 12.0. The first-order chi connectivity index (χ1) is 11.4. The predicted octanol–water partition coefficient (Wildman–Crippen LogP) is 3.68. The quantitative estimate of drug-likeness (QED) is 0.721. The summed E-state index contributed by atoms with van der Waals surface area (Å²) in [6.45, 7) is 7.95. The number of amides is 1. The molecule has 5 heteroatoms. The number of alkyl carbamates (subject to hydrolysis) is 1. The van der Waals surface area contributed by atoms with Crippen molar-refractivity contribution < 1.29 is 19.4 Å². The highest BCUT2D eigenvalue weighted by molar-refractivity contribution is 5.68. The van der Waals surface area contributed by atoms with E-state index in [0.717, 1.165) is 37.0 Å². The van der Waals surface area contributed by atoms with Gasteiger partial charge in [0.1, 0.15) is 18.0 Å². The Labute approximate surface area is 145 Å². The fourth-order valence-corrected chi connectivity index (χ4v) is 2.45. The number of carbonyl (C=O) groups excluding carboxylic acids is 1. The van der Waals surface area contributed by atoms with Gasteiger partial charge in [-0.1, -0.05) is 31.5 Å². The number of para-hydroxylation sites is 1. The first-order valence-electron chi connectivity index (χ1n) is 8.66. The van der Waals surface area contributed by atoms with Gasteiger partial charge in [-0.3, -0.25) is 0 Å². The number of aliphatic hydroxyl groups excluding tert-OH is 1. The van der Waals surface area contributed by atoms with Crippen molar-refractivity contribution >= 4 is 6.09 Å². The molecule has 0 spiro atoms. The molecule has 0 fully saturated rings. The number of hydrogen-bond acceptors (Lipinski definition) is 4. The highest BCUT2D eigenvalue weighted by atomic mass is 16.6. The fraction of sp³-hybridized carbons (Fsp3) is 0.632. The van der Waals surface area contributed by atoms with E-state index in [9.17, 15) is 4.79 Å². The van der Waals surface area contributed by atoms with Gasteiger partial charge in [0.2, 0.25) is 0 Å². The maximum atomic E-state index is 12.0. The minimum Gasteiger partial charge on any atom is -0.491 e. The Morgan fingerprint density at radius 1 is 1.25 bits per heavy atom. The van der Waals surface area contributed by atoms with Crippen LogP contribution in [0.25, 0.3) is 0 Å². The molecule has 5 nitrogen and oxygen atoms in total. The molecule has 0 aromatic heterocycles. The molecule has 24 heavy (non-hydrogen) atoms. The van der Waals surface area contributed by atoms with Crippen LogP contribution in [0.4, 0.5) is 4.79 Å². The fourth-order valence-electron chi connectivity index (χ4n) is 2.45. The van der Waals surface area contributed by atoms with Crippen LogP contribution in [0.1, 0.15) is 52.5 Å². The molecule has 0 heterocycles. The first-order valence-corrected chi connectivity index (χ1v) is 8.66. The van der Waals surface area contributed by atoms with Crippen molar-refractivity contribution in [2.24, 2.45) is 0 Å². The van der Waals surface area contributed by atoms with E-state index >= 15 is 0 Å². The molecular weight excluding hydrogens is 306 g/mol. The van der Waals surface area contributed by atoms with Gasteiger partial charge in [0.05, 0.1) is 6.61 Å². The molecule has 0 radical (unpaired) electrons. The third-order valence-electron chi connectivity index (χ3n) is 3.44. The van der Waals surface area contributed by atoms with Crippen molar-refractivity contribution in [3.63, 3.8) is 0 Å². The first kappa shape index (κ1) is 20.3. The molecule has 0 aliphatic rings. The predicted molar refractivity (Wildman–Crippen MR) is 95.4 cm³/mol. The third kappa shape index (κ3) is 8.20. The molecule has 0 saturated carbocycles. The average Bonchev–Trinajstić information content (AvgIpc) is 2.49. The molecule has 0 bridgehead atoms. The van der Waals surface area contributed by atoms with Crippen molar-refractivity contribution in [2.75, 3.05) is 13.2 Å². The van der Waals surface area contributed by atoms with Gasteiger partial charge in [-0.05, 0) is 51.7 Å². The molecule has 1 rings (SSSR count). The zero-order chi connectivity index (χ0) is 18.0. The molecule has 2 N–H and O–H groups in total. The third-order valence-corrected chi connectivity index (χ3v) is 3.44. The molecular formula is C19H31NO4. The summed E-state index contributed by atoms with van der Waals surface area (Å²) in [5.41, 5.74) is 0.587. The number of benzene rings is 1. The van der Waals surface area contributed by atoms with Gasteiger partial charge in [0, 0.05) is 6.04 Å². The lowest BCUT2D eigenvalue weighted by Crippen LogP contribution is -2.39. The van der Waals surface area contributed by atoms with E-state index in [-0.39, 0.29) is 25.3 Å². The van der Waals surface area contributed by atoms with Gasteiger partial charge in [0.15, 0.2) is 0 Å². The molecule has 1 aromatic rings. The van der Waals surface area contributed by atoms with Gasteiger partial charge >= 0.3 is 6.09 Å². The van der Waals surface area contributed by atoms with Crippen molar-refractivity contribution in [3.05, 3.63) is 29.8 Å². The van der Waals surface area contributed by atoms with Crippen molar-refractivity contribution in [1.29, 1.82) is 0 Å². The highest BCUT2D eigenvalue weighted by Gasteiger charge is 2.19.